The maximum absolute atomic E-state index is 6.77. The number of nitrogens with zero attached hydrogens (tertiary/aromatic N) is 5. The number of imidazole rings is 1. The van der Waals surface area contributed by atoms with E-state index in [0.29, 0.717) is 11.5 Å². The van der Waals surface area contributed by atoms with Crippen LogP contribution in [0.4, 0.5) is 0 Å². The van der Waals surface area contributed by atoms with E-state index in [0.717, 1.165) is 89.1 Å². The third-order valence-electron chi connectivity index (χ3n) is 15.3. The third kappa shape index (κ3) is 7.42. The summed E-state index contributed by atoms with van der Waals surface area (Å²) in [7, 11) is 0. The fraction of sp³-hybridized carbons (Fsp3) is 0.0571. The van der Waals surface area contributed by atoms with Crippen LogP contribution in [0.25, 0.3) is 122 Å². The monoisotopic (exact) mass is 1170 g/mol. The first-order valence-corrected chi connectivity index (χ1v) is 25.9. The molecule has 0 N–H and O–H groups in total. The fourth-order valence-electron chi connectivity index (χ4n) is 11.8. The molecule has 10 aromatic carbocycles. The number of hydrogen-bond acceptors (Lipinski definition) is 2. The predicted molar refractivity (Wildman–Crippen MR) is 308 cm³/mol. The summed E-state index contributed by atoms with van der Waals surface area (Å²) >= 11 is 0. The molecule has 1 aliphatic heterocycles. The number of fused-ring (bicyclic) bond motifs is 13. The number of pyridine rings is 1. The molecule has 0 atom stereocenters. The topological polar surface area (TPSA) is 40.8 Å². The maximum Gasteiger partial charge on any atom is 0.268 e. The second-order valence-corrected chi connectivity index (χ2v) is 20.7. The van der Waals surface area contributed by atoms with Crippen LogP contribution in [0.15, 0.2) is 231 Å². The molecule has 15 rings (SSSR count). The van der Waals surface area contributed by atoms with Crippen molar-refractivity contribution in [3.63, 3.8) is 0 Å². The Balaban J connectivity index is 0.00000540. The van der Waals surface area contributed by atoms with Crippen LogP contribution < -0.4 is 9.30 Å². The molecule has 4 aromatic heterocycles. The van der Waals surface area contributed by atoms with Crippen LogP contribution in [0.1, 0.15) is 26.3 Å². The van der Waals surface area contributed by atoms with Gasteiger partial charge in [-0.3, -0.25) is 4.57 Å². The van der Waals surface area contributed by atoms with Gasteiger partial charge in [-0.25, -0.2) is 4.98 Å². The Morgan fingerprint density at radius 3 is 1.71 bits per heavy atom. The summed E-state index contributed by atoms with van der Waals surface area (Å²) in [6.45, 7) is 6.69. The molecule has 0 saturated carbocycles. The molecular formula is C70H47N5OPt-2. The van der Waals surface area contributed by atoms with Gasteiger partial charge in [0.1, 0.15) is 5.82 Å². The van der Waals surface area contributed by atoms with Crippen molar-refractivity contribution in [1.29, 1.82) is 0 Å². The van der Waals surface area contributed by atoms with Crippen LogP contribution in [0, 0.1) is 18.5 Å². The summed E-state index contributed by atoms with van der Waals surface area (Å²) in [5, 5.41) is 4.67. The van der Waals surface area contributed by atoms with Crippen LogP contribution >= 0.6 is 0 Å². The molecule has 0 aliphatic carbocycles. The first kappa shape index (κ1) is 46.4. The van der Waals surface area contributed by atoms with Gasteiger partial charge in [-0.1, -0.05) is 178 Å². The number of benzene rings is 10. The second-order valence-electron chi connectivity index (χ2n) is 20.7. The average Bonchev–Trinajstić information content (AvgIpc) is 4.32. The molecule has 0 radical (unpaired) electrons. The average molecular weight is 1170 g/mol. The van der Waals surface area contributed by atoms with Crippen molar-refractivity contribution >= 4 is 54.6 Å². The van der Waals surface area contributed by atoms with Gasteiger partial charge < -0.3 is 18.4 Å². The molecule has 14 aromatic rings. The Kier molecular flexibility index (Phi) is 10.9. The molecule has 0 amide bonds. The van der Waals surface area contributed by atoms with Crippen LogP contribution in [0.3, 0.4) is 0 Å². The van der Waals surface area contributed by atoms with E-state index < -0.39 is 0 Å². The Morgan fingerprint density at radius 1 is 0.455 bits per heavy atom. The predicted octanol–water partition coefficient (Wildman–Crippen LogP) is 17.0. The first-order valence-electron chi connectivity index (χ1n) is 25.9. The van der Waals surface area contributed by atoms with Crippen molar-refractivity contribution in [1.82, 2.24) is 18.7 Å². The van der Waals surface area contributed by atoms with E-state index in [1.165, 1.54) is 38.5 Å². The van der Waals surface area contributed by atoms with Gasteiger partial charge in [0.2, 0.25) is 0 Å². The molecule has 0 saturated heterocycles. The summed E-state index contributed by atoms with van der Waals surface area (Å²) in [5.41, 5.74) is 19.5. The standard InChI is InChI=1S/C70H47N5O.Pt/c1-70(2,3)46-38-39-71-68(41-46)75-64-32-15-11-27-57(64)59-37-35-49(43-67(59)75)76-48-19-16-18-47(42-48)72-44-73-66-40-45(50-20-8-12-29-61(50)74-62-30-13-9-25-55(62)56-26-10-14-31-63(56)74)34-36-58(66)53-23-6-4-21-51(53)52-22-5-7-24-54(52)60-28-17-33-65(72)69(60)73;/h4-41H,1-3H3;/q-2;. The van der Waals surface area contributed by atoms with Crippen LogP contribution in [-0.4, -0.2) is 18.7 Å². The van der Waals surface area contributed by atoms with Gasteiger partial charge in [0.15, 0.2) is 0 Å². The number of para-hydroxylation sites is 5. The maximum atomic E-state index is 6.77. The Morgan fingerprint density at radius 2 is 1.01 bits per heavy atom. The van der Waals surface area contributed by atoms with Gasteiger partial charge >= 0.3 is 0 Å². The number of aromatic nitrogens is 5. The molecule has 0 bridgehead atoms. The van der Waals surface area contributed by atoms with Gasteiger partial charge in [-0.15, -0.1) is 29.7 Å². The smallest absolute Gasteiger partial charge is 0.268 e. The Bertz CT molecular complexity index is 4630. The zero-order valence-electron chi connectivity index (χ0n) is 42.4. The molecule has 1 aliphatic rings. The van der Waals surface area contributed by atoms with Crippen molar-refractivity contribution in [3.8, 4) is 78.9 Å². The van der Waals surface area contributed by atoms with Crippen LogP contribution in [-0.2, 0) is 26.5 Å². The van der Waals surface area contributed by atoms with Crippen molar-refractivity contribution < 1.29 is 30.4 Å². The van der Waals surface area contributed by atoms with Gasteiger partial charge in [0, 0.05) is 60.6 Å². The summed E-state index contributed by atoms with van der Waals surface area (Å²) < 4.78 is 15.8. The molecule has 5 heterocycles. The first-order chi connectivity index (χ1) is 37.3. The van der Waals surface area contributed by atoms with Crippen molar-refractivity contribution in [2.24, 2.45) is 0 Å². The minimum absolute atomic E-state index is 0. The van der Waals surface area contributed by atoms with Crippen LogP contribution in [0.5, 0.6) is 11.5 Å². The van der Waals surface area contributed by atoms with E-state index >= 15 is 0 Å². The zero-order valence-corrected chi connectivity index (χ0v) is 44.7. The van der Waals surface area contributed by atoms with Crippen LogP contribution in [0.2, 0.25) is 0 Å². The minimum atomic E-state index is -0.0439. The Hall–Kier alpha value is -9.09. The minimum Gasteiger partial charge on any atom is -0.510 e. The molecular weight excluding hydrogens is 1120 g/mol. The molecule has 77 heavy (non-hydrogen) atoms. The van der Waals surface area contributed by atoms with Crippen molar-refractivity contribution in [3.05, 3.63) is 255 Å². The SMILES string of the molecule is CC(C)(C)c1ccnc(-n2c3[c-]c(Oc4[c-]c(-n5[c-][n+]6c7c(cccc75)-c5ccccc5-c5ccccc5-c5ccc(-c7ccccc7-n7c8ccccc8c8ccccc87)cc5-6)ccc4)ccc3c3ccccc32)c1.[Pt]. The zero-order chi connectivity index (χ0) is 50.6. The van der Waals surface area contributed by atoms with E-state index in [4.69, 9.17) is 9.72 Å². The molecule has 0 fully saturated rings. The molecule has 7 heteroatoms. The van der Waals surface area contributed by atoms with Gasteiger partial charge in [0.25, 0.3) is 6.33 Å². The largest absolute Gasteiger partial charge is 0.510 e. The Labute approximate surface area is 460 Å². The van der Waals surface area contributed by atoms with Gasteiger partial charge in [-0.05, 0) is 103 Å². The van der Waals surface area contributed by atoms with E-state index in [-0.39, 0.29) is 26.5 Å². The van der Waals surface area contributed by atoms with Gasteiger partial charge in [0.05, 0.1) is 33.4 Å². The number of hydrogen-bond donors (Lipinski definition) is 0. The van der Waals surface area contributed by atoms with E-state index in [1.807, 2.05) is 24.4 Å². The summed E-state index contributed by atoms with van der Waals surface area (Å²) in [6, 6.07) is 87.6. The molecule has 0 unspecified atom stereocenters. The summed E-state index contributed by atoms with van der Waals surface area (Å²) in [5.74, 6) is 1.98. The third-order valence-corrected chi connectivity index (χ3v) is 15.3. The number of ether oxygens (including phenoxy) is 1. The second kappa shape index (κ2) is 18.0. The fourth-order valence-corrected chi connectivity index (χ4v) is 11.8. The number of rotatable bonds is 6. The van der Waals surface area contributed by atoms with Crippen molar-refractivity contribution in [2.75, 3.05) is 0 Å². The van der Waals surface area contributed by atoms with Gasteiger partial charge in [-0.2, -0.15) is 18.2 Å². The van der Waals surface area contributed by atoms with Crippen molar-refractivity contribution in [2.45, 2.75) is 26.2 Å². The molecule has 0 spiro atoms. The summed E-state index contributed by atoms with van der Waals surface area (Å²) in [4.78, 5) is 4.89. The quantitative estimate of drug-likeness (QED) is 0.123. The summed E-state index contributed by atoms with van der Waals surface area (Å²) in [6.07, 6.45) is 5.83. The molecule has 6 nitrogen and oxygen atoms in total. The molecule has 370 valence electrons. The van der Waals surface area contributed by atoms with E-state index in [2.05, 4.69) is 264 Å². The van der Waals surface area contributed by atoms with E-state index in [1.54, 1.807) is 0 Å². The normalized spacial score (nSPS) is 12.0. The van der Waals surface area contributed by atoms with E-state index in [9.17, 15) is 0 Å².